The van der Waals surface area contributed by atoms with Crippen molar-refractivity contribution < 1.29 is 13.5 Å². The second kappa shape index (κ2) is 5.53. The maximum absolute atomic E-state index is 13.2. The van der Waals surface area contributed by atoms with Gasteiger partial charge in [0.1, 0.15) is 5.82 Å². The predicted octanol–water partition coefficient (Wildman–Crippen LogP) is 3.12. The molecule has 15 heavy (non-hydrogen) atoms. The standard InChI is InChI=1S/C11H15F2NO/c1-2-3-4-5-15-11-7-8(12)10(14)6-9(11)13/h6-7H,2-5,14H2,1H3. The van der Waals surface area contributed by atoms with Crippen LogP contribution in [0.4, 0.5) is 14.5 Å². The lowest BCUT2D eigenvalue weighted by atomic mass is 10.2. The molecule has 0 aliphatic heterocycles. The van der Waals surface area contributed by atoms with Crippen LogP contribution in [0.15, 0.2) is 12.1 Å². The first-order chi connectivity index (χ1) is 7.15. The number of hydrogen-bond donors (Lipinski definition) is 1. The normalized spacial score (nSPS) is 10.3. The molecule has 0 saturated carbocycles. The van der Waals surface area contributed by atoms with Crippen LogP contribution in [0.5, 0.6) is 5.75 Å². The Morgan fingerprint density at radius 2 is 1.93 bits per heavy atom. The highest BCUT2D eigenvalue weighted by atomic mass is 19.1. The molecule has 0 amide bonds. The fraction of sp³-hybridized carbons (Fsp3) is 0.455. The molecule has 0 heterocycles. The number of nitrogen functional groups attached to an aromatic ring is 1. The van der Waals surface area contributed by atoms with Gasteiger partial charge in [0, 0.05) is 12.1 Å². The third-order valence-corrected chi connectivity index (χ3v) is 2.06. The van der Waals surface area contributed by atoms with Gasteiger partial charge in [-0.05, 0) is 6.42 Å². The quantitative estimate of drug-likeness (QED) is 0.605. The van der Waals surface area contributed by atoms with E-state index in [4.69, 9.17) is 10.5 Å². The van der Waals surface area contributed by atoms with Gasteiger partial charge in [-0.25, -0.2) is 8.78 Å². The molecule has 0 fully saturated rings. The number of hydrogen-bond acceptors (Lipinski definition) is 2. The predicted molar refractivity (Wildman–Crippen MR) is 55.8 cm³/mol. The molecule has 1 rings (SSSR count). The van der Waals surface area contributed by atoms with Gasteiger partial charge in [0.25, 0.3) is 0 Å². The van der Waals surface area contributed by atoms with Crippen molar-refractivity contribution in [2.75, 3.05) is 12.3 Å². The highest BCUT2D eigenvalue weighted by molar-refractivity contribution is 5.44. The van der Waals surface area contributed by atoms with Crippen molar-refractivity contribution in [3.8, 4) is 5.75 Å². The summed E-state index contributed by atoms with van der Waals surface area (Å²) in [5.41, 5.74) is 4.99. The topological polar surface area (TPSA) is 35.2 Å². The second-order valence-electron chi connectivity index (χ2n) is 3.36. The Labute approximate surface area is 88.0 Å². The van der Waals surface area contributed by atoms with Crippen LogP contribution in [0.1, 0.15) is 26.2 Å². The average Bonchev–Trinajstić information content (AvgIpc) is 2.20. The van der Waals surface area contributed by atoms with Gasteiger partial charge in [0.15, 0.2) is 11.6 Å². The van der Waals surface area contributed by atoms with Gasteiger partial charge in [-0.1, -0.05) is 19.8 Å². The van der Waals surface area contributed by atoms with Gasteiger partial charge >= 0.3 is 0 Å². The van der Waals surface area contributed by atoms with E-state index in [9.17, 15) is 8.78 Å². The molecule has 0 atom stereocenters. The summed E-state index contributed by atoms with van der Waals surface area (Å²) in [5.74, 6) is -1.34. The minimum atomic E-state index is -0.651. The van der Waals surface area contributed by atoms with E-state index >= 15 is 0 Å². The summed E-state index contributed by atoms with van der Waals surface area (Å²) in [6.45, 7) is 2.46. The Morgan fingerprint density at radius 1 is 1.20 bits per heavy atom. The van der Waals surface area contributed by atoms with Crippen LogP contribution < -0.4 is 10.5 Å². The minimum Gasteiger partial charge on any atom is -0.490 e. The fourth-order valence-electron chi connectivity index (χ4n) is 1.19. The van der Waals surface area contributed by atoms with Gasteiger partial charge in [-0.2, -0.15) is 0 Å². The van der Waals surface area contributed by atoms with Crippen LogP contribution in [0, 0.1) is 11.6 Å². The Balaban J connectivity index is 2.57. The van der Waals surface area contributed by atoms with Crippen LogP contribution in [-0.4, -0.2) is 6.61 Å². The van der Waals surface area contributed by atoms with Gasteiger partial charge in [-0.15, -0.1) is 0 Å². The molecule has 2 nitrogen and oxygen atoms in total. The fourth-order valence-corrected chi connectivity index (χ4v) is 1.19. The van der Waals surface area contributed by atoms with Crippen molar-refractivity contribution in [1.82, 2.24) is 0 Å². The highest BCUT2D eigenvalue weighted by Gasteiger charge is 2.08. The number of ether oxygens (including phenoxy) is 1. The Morgan fingerprint density at radius 3 is 2.60 bits per heavy atom. The van der Waals surface area contributed by atoms with Gasteiger partial charge in [0.2, 0.25) is 0 Å². The Hall–Kier alpha value is -1.32. The van der Waals surface area contributed by atoms with E-state index in [0.29, 0.717) is 6.61 Å². The van der Waals surface area contributed by atoms with Crippen molar-refractivity contribution in [2.24, 2.45) is 0 Å². The van der Waals surface area contributed by atoms with E-state index in [-0.39, 0.29) is 11.4 Å². The molecule has 0 unspecified atom stereocenters. The summed E-state index contributed by atoms with van der Waals surface area (Å²) in [5, 5.41) is 0. The van der Waals surface area contributed by atoms with Crippen LogP contribution in [0.3, 0.4) is 0 Å². The molecule has 4 heteroatoms. The Kier molecular flexibility index (Phi) is 4.34. The summed E-state index contributed by atoms with van der Waals surface area (Å²) in [7, 11) is 0. The van der Waals surface area contributed by atoms with Crippen LogP contribution in [-0.2, 0) is 0 Å². The second-order valence-corrected chi connectivity index (χ2v) is 3.36. The smallest absolute Gasteiger partial charge is 0.167 e. The molecule has 0 aliphatic rings. The zero-order valence-electron chi connectivity index (χ0n) is 8.72. The zero-order valence-corrected chi connectivity index (χ0v) is 8.72. The SMILES string of the molecule is CCCCCOc1cc(F)c(N)cc1F. The van der Waals surface area contributed by atoms with Crippen LogP contribution in [0.25, 0.3) is 0 Å². The van der Waals surface area contributed by atoms with Crippen molar-refractivity contribution in [3.05, 3.63) is 23.8 Å². The minimum absolute atomic E-state index is 0.0715. The Bertz CT molecular complexity index is 329. The van der Waals surface area contributed by atoms with Gasteiger partial charge in [0.05, 0.1) is 12.3 Å². The third-order valence-electron chi connectivity index (χ3n) is 2.06. The molecular formula is C11H15F2NO. The van der Waals surface area contributed by atoms with Crippen molar-refractivity contribution in [1.29, 1.82) is 0 Å². The van der Waals surface area contributed by atoms with E-state index in [1.807, 2.05) is 0 Å². The summed E-state index contributed by atoms with van der Waals surface area (Å²) >= 11 is 0. The van der Waals surface area contributed by atoms with E-state index in [0.717, 1.165) is 31.4 Å². The zero-order chi connectivity index (χ0) is 11.3. The van der Waals surface area contributed by atoms with E-state index < -0.39 is 11.6 Å². The summed E-state index contributed by atoms with van der Waals surface area (Å²) < 4.78 is 31.2. The molecule has 0 saturated heterocycles. The molecule has 84 valence electrons. The largest absolute Gasteiger partial charge is 0.490 e. The number of anilines is 1. The molecule has 0 aliphatic carbocycles. The van der Waals surface area contributed by atoms with Crippen molar-refractivity contribution >= 4 is 5.69 Å². The average molecular weight is 215 g/mol. The van der Waals surface area contributed by atoms with Gasteiger partial charge < -0.3 is 10.5 Å². The maximum Gasteiger partial charge on any atom is 0.167 e. The third kappa shape index (κ3) is 3.38. The van der Waals surface area contributed by atoms with Gasteiger partial charge in [-0.3, -0.25) is 0 Å². The van der Waals surface area contributed by atoms with Crippen LogP contribution in [0.2, 0.25) is 0 Å². The van der Waals surface area contributed by atoms with E-state index in [1.54, 1.807) is 0 Å². The lowest BCUT2D eigenvalue weighted by Gasteiger charge is -2.07. The molecule has 0 aromatic heterocycles. The lowest BCUT2D eigenvalue weighted by Crippen LogP contribution is -2.01. The number of halogens is 2. The van der Waals surface area contributed by atoms with Crippen molar-refractivity contribution in [3.63, 3.8) is 0 Å². The first-order valence-corrected chi connectivity index (χ1v) is 5.02. The molecule has 0 bridgehead atoms. The number of benzene rings is 1. The number of rotatable bonds is 5. The monoisotopic (exact) mass is 215 g/mol. The molecule has 2 N–H and O–H groups in total. The van der Waals surface area contributed by atoms with E-state index in [1.165, 1.54) is 0 Å². The number of unbranched alkanes of at least 4 members (excludes halogenated alkanes) is 2. The van der Waals surface area contributed by atoms with Crippen molar-refractivity contribution in [2.45, 2.75) is 26.2 Å². The highest BCUT2D eigenvalue weighted by Crippen LogP contribution is 2.23. The molecule has 1 aromatic rings. The number of nitrogens with two attached hydrogens (primary N) is 1. The lowest BCUT2D eigenvalue weighted by molar-refractivity contribution is 0.290. The molecule has 0 spiro atoms. The summed E-state index contributed by atoms with van der Waals surface area (Å²) in [6, 6.07) is 1.92. The molecular weight excluding hydrogens is 200 g/mol. The summed E-state index contributed by atoms with van der Waals surface area (Å²) in [6.07, 6.45) is 2.91. The molecule has 0 radical (unpaired) electrons. The van der Waals surface area contributed by atoms with E-state index in [2.05, 4.69) is 6.92 Å². The first-order valence-electron chi connectivity index (χ1n) is 5.02. The van der Waals surface area contributed by atoms with Crippen LogP contribution >= 0.6 is 0 Å². The molecule has 1 aromatic carbocycles. The first kappa shape index (κ1) is 11.8. The maximum atomic E-state index is 13.2. The summed E-state index contributed by atoms with van der Waals surface area (Å²) in [4.78, 5) is 0.